The second kappa shape index (κ2) is 7.57. The molecule has 0 saturated carbocycles. The van der Waals surface area contributed by atoms with E-state index >= 15 is 0 Å². The van der Waals surface area contributed by atoms with Gasteiger partial charge in [0.05, 0.1) is 4.90 Å². The van der Waals surface area contributed by atoms with Gasteiger partial charge in [-0.15, -0.1) is 0 Å². The third-order valence-corrected chi connectivity index (χ3v) is 5.96. The molecule has 24 heavy (non-hydrogen) atoms. The highest BCUT2D eigenvalue weighted by atomic mass is 32.2. The molecule has 1 heterocycles. The molecule has 2 rings (SSSR count). The standard InChI is InChI=1S/C18H22N2O3S/c1-13(2)15-6-8-17(9-7-15)24(22,23)18(12-20-14(3)21)16-5-4-10-19-11-16/h4-11,13,18H,12H2,1-3H3,(H,20,21). The van der Waals surface area contributed by atoms with Crippen molar-refractivity contribution in [2.45, 2.75) is 36.8 Å². The van der Waals surface area contributed by atoms with Gasteiger partial charge in [0.15, 0.2) is 9.84 Å². The Bertz CT molecular complexity index is 785. The number of carbonyl (C=O) groups excluding carboxylic acids is 1. The first-order valence-electron chi connectivity index (χ1n) is 7.80. The van der Waals surface area contributed by atoms with E-state index in [4.69, 9.17) is 0 Å². The number of carbonyl (C=O) groups is 1. The summed E-state index contributed by atoms with van der Waals surface area (Å²) in [6.45, 7) is 5.48. The maximum absolute atomic E-state index is 13.0. The number of rotatable bonds is 6. The lowest BCUT2D eigenvalue weighted by Crippen LogP contribution is -2.30. The topological polar surface area (TPSA) is 76.1 Å². The normalized spacial score (nSPS) is 12.8. The first kappa shape index (κ1) is 18.1. The van der Waals surface area contributed by atoms with Crippen LogP contribution in [0.1, 0.15) is 43.1 Å². The number of pyridine rings is 1. The Hall–Kier alpha value is -2.21. The fraction of sp³-hybridized carbons (Fsp3) is 0.333. The molecule has 1 N–H and O–H groups in total. The van der Waals surface area contributed by atoms with Crippen molar-refractivity contribution < 1.29 is 13.2 Å². The molecule has 1 aromatic heterocycles. The summed E-state index contributed by atoms with van der Waals surface area (Å²) in [6, 6.07) is 10.3. The van der Waals surface area contributed by atoms with Crippen molar-refractivity contribution in [1.82, 2.24) is 10.3 Å². The number of nitrogens with one attached hydrogen (secondary N) is 1. The smallest absolute Gasteiger partial charge is 0.216 e. The van der Waals surface area contributed by atoms with Crippen LogP contribution in [-0.2, 0) is 14.6 Å². The van der Waals surface area contributed by atoms with Crippen molar-refractivity contribution in [3.63, 3.8) is 0 Å². The van der Waals surface area contributed by atoms with E-state index in [1.165, 1.54) is 13.1 Å². The Kier molecular flexibility index (Phi) is 5.72. The average molecular weight is 346 g/mol. The van der Waals surface area contributed by atoms with Gasteiger partial charge in [-0.3, -0.25) is 9.78 Å². The lowest BCUT2D eigenvalue weighted by molar-refractivity contribution is -0.118. The lowest BCUT2D eigenvalue weighted by Gasteiger charge is -2.18. The molecule has 0 aliphatic heterocycles. The van der Waals surface area contributed by atoms with Crippen LogP contribution in [0.2, 0.25) is 0 Å². The zero-order valence-corrected chi connectivity index (χ0v) is 14.9. The first-order chi connectivity index (χ1) is 11.3. The second-order valence-corrected chi connectivity index (χ2v) is 8.11. The lowest BCUT2D eigenvalue weighted by atomic mass is 10.0. The SMILES string of the molecule is CC(=O)NCC(c1cccnc1)S(=O)(=O)c1ccc(C(C)C)cc1. The van der Waals surface area contributed by atoms with Crippen molar-refractivity contribution in [3.8, 4) is 0 Å². The molecule has 1 unspecified atom stereocenters. The molecular weight excluding hydrogens is 324 g/mol. The molecule has 1 amide bonds. The summed E-state index contributed by atoms with van der Waals surface area (Å²) in [5.41, 5.74) is 1.63. The van der Waals surface area contributed by atoms with Crippen LogP contribution in [0.25, 0.3) is 0 Å². The molecule has 5 nitrogen and oxygen atoms in total. The Morgan fingerprint density at radius 1 is 1.12 bits per heavy atom. The van der Waals surface area contributed by atoms with Gasteiger partial charge in [0.2, 0.25) is 5.91 Å². The fourth-order valence-corrected chi connectivity index (χ4v) is 4.06. The van der Waals surface area contributed by atoms with Crippen LogP contribution in [-0.4, -0.2) is 25.9 Å². The van der Waals surface area contributed by atoms with Crippen molar-refractivity contribution in [1.29, 1.82) is 0 Å². The van der Waals surface area contributed by atoms with Gasteiger partial charge in [-0.05, 0) is 35.2 Å². The molecule has 0 radical (unpaired) electrons. The number of amides is 1. The predicted octanol–water partition coefficient (Wildman–Crippen LogP) is 2.86. The van der Waals surface area contributed by atoms with E-state index in [1.807, 2.05) is 12.1 Å². The Balaban J connectivity index is 2.41. The third kappa shape index (κ3) is 4.20. The Morgan fingerprint density at radius 3 is 2.29 bits per heavy atom. The van der Waals surface area contributed by atoms with Gasteiger partial charge in [-0.25, -0.2) is 8.42 Å². The van der Waals surface area contributed by atoms with Crippen molar-refractivity contribution in [2.24, 2.45) is 0 Å². The molecule has 0 bridgehead atoms. The number of nitrogens with zero attached hydrogens (tertiary/aromatic N) is 1. The van der Waals surface area contributed by atoms with Gasteiger partial charge >= 0.3 is 0 Å². The average Bonchev–Trinajstić information content (AvgIpc) is 2.55. The maximum atomic E-state index is 13.0. The van der Waals surface area contributed by atoms with Crippen LogP contribution in [0.3, 0.4) is 0 Å². The van der Waals surface area contributed by atoms with Crippen LogP contribution < -0.4 is 5.32 Å². The van der Waals surface area contributed by atoms with Crippen LogP contribution in [0.15, 0.2) is 53.7 Å². The summed E-state index contributed by atoms with van der Waals surface area (Å²) in [5.74, 6) is 0.0597. The highest BCUT2D eigenvalue weighted by molar-refractivity contribution is 7.91. The summed E-state index contributed by atoms with van der Waals surface area (Å²) in [6.07, 6.45) is 3.11. The molecule has 0 saturated heterocycles. The summed E-state index contributed by atoms with van der Waals surface area (Å²) in [7, 11) is -3.65. The van der Waals surface area contributed by atoms with Gasteiger partial charge in [-0.2, -0.15) is 0 Å². The zero-order valence-electron chi connectivity index (χ0n) is 14.1. The largest absolute Gasteiger partial charge is 0.355 e. The number of benzene rings is 1. The number of aromatic nitrogens is 1. The Labute approximate surface area is 143 Å². The predicted molar refractivity (Wildman–Crippen MR) is 93.4 cm³/mol. The molecule has 0 aliphatic carbocycles. The third-order valence-electron chi connectivity index (χ3n) is 3.84. The van der Waals surface area contributed by atoms with E-state index in [-0.39, 0.29) is 17.3 Å². The van der Waals surface area contributed by atoms with E-state index in [9.17, 15) is 13.2 Å². The van der Waals surface area contributed by atoms with Gasteiger partial charge in [0.1, 0.15) is 5.25 Å². The summed E-state index contributed by atoms with van der Waals surface area (Å²) in [4.78, 5) is 15.5. The molecule has 128 valence electrons. The van der Waals surface area contributed by atoms with Crippen molar-refractivity contribution in [3.05, 3.63) is 59.9 Å². The molecule has 1 atom stereocenters. The minimum atomic E-state index is -3.65. The molecule has 0 aliphatic rings. The van der Waals surface area contributed by atoms with Crippen molar-refractivity contribution >= 4 is 15.7 Å². The van der Waals surface area contributed by atoms with E-state index in [1.54, 1.807) is 30.5 Å². The zero-order chi connectivity index (χ0) is 17.7. The highest BCUT2D eigenvalue weighted by Crippen LogP contribution is 2.29. The number of sulfone groups is 1. The van der Waals surface area contributed by atoms with Crippen LogP contribution in [0.4, 0.5) is 0 Å². The molecular formula is C18H22N2O3S. The van der Waals surface area contributed by atoms with Gasteiger partial charge in [0, 0.05) is 25.9 Å². The van der Waals surface area contributed by atoms with E-state index in [0.717, 1.165) is 5.56 Å². The number of hydrogen-bond donors (Lipinski definition) is 1. The van der Waals surface area contributed by atoms with E-state index in [0.29, 0.717) is 11.5 Å². The van der Waals surface area contributed by atoms with Gasteiger partial charge < -0.3 is 5.32 Å². The molecule has 1 aromatic carbocycles. The monoisotopic (exact) mass is 346 g/mol. The van der Waals surface area contributed by atoms with Crippen LogP contribution >= 0.6 is 0 Å². The summed E-state index contributed by atoms with van der Waals surface area (Å²) >= 11 is 0. The second-order valence-electron chi connectivity index (χ2n) is 5.98. The molecule has 6 heteroatoms. The van der Waals surface area contributed by atoms with E-state index < -0.39 is 15.1 Å². The number of hydrogen-bond acceptors (Lipinski definition) is 4. The van der Waals surface area contributed by atoms with Crippen molar-refractivity contribution in [2.75, 3.05) is 6.54 Å². The summed E-state index contributed by atoms with van der Waals surface area (Å²) in [5, 5.41) is 1.73. The minimum absolute atomic E-state index is 0.00922. The first-order valence-corrected chi connectivity index (χ1v) is 9.35. The van der Waals surface area contributed by atoms with Crippen LogP contribution in [0, 0.1) is 0 Å². The minimum Gasteiger partial charge on any atom is -0.355 e. The molecule has 0 fully saturated rings. The maximum Gasteiger partial charge on any atom is 0.216 e. The summed E-state index contributed by atoms with van der Waals surface area (Å²) < 4.78 is 26.1. The molecule has 2 aromatic rings. The quantitative estimate of drug-likeness (QED) is 0.872. The fourth-order valence-electron chi connectivity index (χ4n) is 2.42. The Morgan fingerprint density at radius 2 is 1.79 bits per heavy atom. The molecule has 0 spiro atoms. The van der Waals surface area contributed by atoms with E-state index in [2.05, 4.69) is 24.1 Å². The van der Waals surface area contributed by atoms with Crippen LogP contribution in [0.5, 0.6) is 0 Å². The highest BCUT2D eigenvalue weighted by Gasteiger charge is 2.29. The van der Waals surface area contributed by atoms with Gasteiger partial charge in [-0.1, -0.05) is 32.0 Å². The van der Waals surface area contributed by atoms with Gasteiger partial charge in [0.25, 0.3) is 0 Å².